The zero-order valence-corrected chi connectivity index (χ0v) is 14.9. The third kappa shape index (κ3) is 2.70. The molecular formula is C18H13ClN6O2. The lowest BCUT2D eigenvalue weighted by molar-refractivity contribution is 0.174. The van der Waals surface area contributed by atoms with Gasteiger partial charge < -0.3 is 14.5 Å². The maximum atomic E-state index is 6.22. The highest BCUT2D eigenvalue weighted by atomic mass is 35.5. The molecule has 0 spiro atoms. The van der Waals surface area contributed by atoms with Crippen LogP contribution in [0.1, 0.15) is 11.1 Å². The van der Waals surface area contributed by atoms with Crippen LogP contribution in [0.4, 0.5) is 5.95 Å². The molecule has 0 fully saturated rings. The zero-order valence-electron chi connectivity index (χ0n) is 14.2. The van der Waals surface area contributed by atoms with Crippen molar-refractivity contribution in [2.24, 2.45) is 5.10 Å². The van der Waals surface area contributed by atoms with Crippen molar-refractivity contribution in [1.82, 2.24) is 20.2 Å². The SMILES string of the molecule is Cc1cccc2c1[nH]c1nc(NN=Cc3cc4c(cc3Cl)OCO4)nnc12. The fourth-order valence-corrected chi connectivity index (χ4v) is 3.19. The first kappa shape index (κ1) is 15.8. The second kappa shape index (κ2) is 6.10. The standard InChI is InChI=1S/C18H13ClN6O2/c1-9-3-2-4-11-15(9)21-17-16(11)23-25-18(22-17)24-20-7-10-5-13-14(6-12(10)19)27-8-26-13/h2-7H,8H2,1H3,(H2,21,22,24,25). The molecule has 8 nitrogen and oxygen atoms in total. The number of aryl methyl sites for hydroxylation is 1. The van der Waals surface area contributed by atoms with Gasteiger partial charge in [-0.25, -0.2) is 5.43 Å². The van der Waals surface area contributed by atoms with E-state index in [-0.39, 0.29) is 12.7 Å². The molecule has 9 heteroatoms. The third-order valence-electron chi connectivity index (χ3n) is 4.32. The molecule has 0 amide bonds. The van der Waals surface area contributed by atoms with Crippen molar-refractivity contribution >= 4 is 45.8 Å². The number of anilines is 1. The molecule has 1 aliphatic heterocycles. The summed E-state index contributed by atoms with van der Waals surface area (Å²) >= 11 is 6.22. The Hall–Kier alpha value is -3.39. The number of halogens is 1. The Morgan fingerprint density at radius 1 is 1.22 bits per heavy atom. The van der Waals surface area contributed by atoms with Crippen molar-refractivity contribution in [2.45, 2.75) is 6.92 Å². The second-order valence-corrected chi connectivity index (χ2v) is 6.46. The van der Waals surface area contributed by atoms with E-state index in [0.29, 0.717) is 27.7 Å². The zero-order chi connectivity index (χ0) is 18.4. The van der Waals surface area contributed by atoms with Gasteiger partial charge >= 0.3 is 0 Å². The third-order valence-corrected chi connectivity index (χ3v) is 4.65. The van der Waals surface area contributed by atoms with Gasteiger partial charge in [0, 0.05) is 17.0 Å². The lowest BCUT2D eigenvalue weighted by Crippen LogP contribution is -1.99. The molecule has 27 heavy (non-hydrogen) atoms. The van der Waals surface area contributed by atoms with Gasteiger partial charge in [0.1, 0.15) is 5.52 Å². The molecule has 3 heterocycles. The summed E-state index contributed by atoms with van der Waals surface area (Å²) < 4.78 is 10.6. The van der Waals surface area contributed by atoms with E-state index in [0.717, 1.165) is 22.0 Å². The normalized spacial score (nSPS) is 13.1. The molecule has 134 valence electrons. The van der Waals surface area contributed by atoms with E-state index in [2.05, 4.69) is 30.7 Å². The minimum Gasteiger partial charge on any atom is -0.454 e. The first-order valence-corrected chi connectivity index (χ1v) is 8.57. The average Bonchev–Trinajstić information content (AvgIpc) is 3.26. The lowest BCUT2D eigenvalue weighted by atomic mass is 10.1. The number of nitrogens with one attached hydrogen (secondary N) is 2. The first-order valence-electron chi connectivity index (χ1n) is 8.19. The molecule has 0 saturated carbocycles. The van der Waals surface area contributed by atoms with Crippen molar-refractivity contribution in [3.8, 4) is 11.5 Å². The Morgan fingerprint density at radius 2 is 2.07 bits per heavy atom. The fraction of sp³-hybridized carbons (Fsp3) is 0.111. The Bertz CT molecular complexity index is 1220. The van der Waals surface area contributed by atoms with E-state index < -0.39 is 0 Å². The van der Waals surface area contributed by atoms with Crippen LogP contribution in [-0.4, -0.2) is 33.2 Å². The number of fused-ring (bicyclic) bond motifs is 4. The molecule has 5 rings (SSSR count). The van der Waals surface area contributed by atoms with E-state index in [1.165, 1.54) is 0 Å². The van der Waals surface area contributed by atoms with E-state index >= 15 is 0 Å². The first-order chi connectivity index (χ1) is 13.2. The number of hydrogen-bond acceptors (Lipinski definition) is 7. The van der Waals surface area contributed by atoms with Gasteiger partial charge in [0.05, 0.1) is 16.8 Å². The number of para-hydroxylation sites is 1. The number of H-pyrrole nitrogens is 1. The number of aromatic amines is 1. The van der Waals surface area contributed by atoms with Gasteiger partial charge in [0.25, 0.3) is 5.95 Å². The van der Waals surface area contributed by atoms with Crippen LogP contribution in [0.15, 0.2) is 35.4 Å². The van der Waals surface area contributed by atoms with Crippen molar-refractivity contribution in [3.05, 3.63) is 46.5 Å². The minimum atomic E-state index is 0.188. The van der Waals surface area contributed by atoms with Gasteiger partial charge in [-0.3, -0.25) is 0 Å². The molecule has 0 radical (unpaired) electrons. The maximum absolute atomic E-state index is 6.22. The molecule has 4 aromatic rings. The van der Waals surface area contributed by atoms with Crippen molar-refractivity contribution in [1.29, 1.82) is 0 Å². The Kier molecular flexibility index (Phi) is 3.58. The number of benzene rings is 2. The molecule has 0 atom stereocenters. The largest absolute Gasteiger partial charge is 0.454 e. The van der Waals surface area contributed by atoms with Crippen LogP contribution in [0.3, 0.4) is 0 Å². The Balaban J connectivity index is 1.42. The monoisotopic (exact) mass is 380 g/mol. The van der Waals surface area contributed by atoms with Crippen LogP contribution in [0, 0.1) is 6.92 Å². The highest BCUT2D eigenvalue weighted by Crippen LogP contribution is 2.36. The number of rotatable bonds is 3. The smallest absolute Gasteiger partial charge is 0.265 e. The van der Waals surface area contributed by atoms with Crippen LogP contribution in [0.2, 0.25) is 5.02 Å². The summed E-state index contributed by atoms with van der Waals surface area (Å²) in [7, 11) is 0. The van der Waals surface area contributed by atoms with E-state index in [9.17, 15) is 0 Å². The highest BCUT2D eigenvalue weighted by molar-refractivity contribution is 6.33. The second-order valence-electron chi connectivity index (χ2n) is 6.05. The lowest BCUT2D eigenvalue weighted by Gasteiger charge is -2.01. The molecule has 2 aromatic carbocycles. The number of ether oxygens (including phenoxy) is 2. The summed E-state index contributed by atoms with van der Waals surface area (Å²) in [5.74, 6) is 1.53. The van der Waals surface area contributed by atoms with Crippen LogP contribution >= 0.6 is 11.6 Å². The molecule has 0 aliphatic carbocycles. The van der Waals surface area contributed by atoms with Gasteiger partial charge in [0.2, 0.25) is 6.79 Å². The fourth-order valence-electron chi connectivity index (χ4n) is 2.98. The average molecular weight is 381 g/mol. The molecule has 0 saturated heterocycles. The van der Waals surface area contributed by atoms with E-state index in [4.69, 9.17) is 21.1 Å². The van der Waals surface area contributed by atoms with Crippen molar-refractivity contribution in [3.63, 3.8) is 0 Å². The number of nitrogens with zero attached hydrogens (tertiary/aromatic N) is 4. The molecular weight excluding hydrogens is 368 g/mol. The van der Waals surface area contributed by atoms with Gasteiger partial charge in [-0.15, -0.1) is 10.2 Å². The Morgan fingerprint density at radius 3 is 2.96 bits per heavy atom. The van der Waals surface area contributed by atoms with Gasteiger partial charge in [-0.05, 0) is 18.6 Å². The maximum Gasteiger partial charge on any atom is 0.265 e. The predicted molar refractivity (Wildman–Crippen MR) is 103 cm³/mol. The minimum absolute atomic E-state index is 0.188. The molecule has 2 N–H and O–H groups in total. The number of hydrazone groups is 1. The summed E-state index contributed by atoms with van der Waals surface area (Å²) in [6.45, 7) is 2.22. The number of hydrogen-bond donors (Lipinski definition) is 2. The molecule has 1 aliphatic rings. The highest BCUT2D eigenvalue weighted by Gasteiger charge is 2.16. The van der Waals surface area contributed by atoms with Crippen LogP contribution in [0.5, 0.6) is 11.5 Å². The van der Waals surface area contributed by atoms with Crippen molar-refractivity contribution in [2.75, 3.05) is 12.2 Å². The van der Waals surface area contributed by atoms with E-state index in [1.807, 2.05) is 25.1 Å². The summed E-state index contributed by atoms with van der Waals surface area (Å²) in [6.07, 6.45) is 1.56. The van der Waals surface area contributed by atoms with Gasteiger partial charge in [0.15, 0.2) is 17.1 Å². The number of aromatic nitrogens is 4. The van der Waals surface area contributed by atoms with E-state index in [1.54, 1.807) is 18.3 Å². The predicted octanol–water partition coefficient (Wildman–Crippen LogP) is 3.64. The van der Waals surface area contributed by atoms with Crippen LogP contribution in [-0.2, 0) is 0 Å². The summed E-state index contributed by atoms with van der Waals surface area (Å²) in [5.41, 5.74) is 6.95. The summed E-state index contributed by atoms with van der Waals surface area (Å²) in [4.78, 5) is 7.71. The Labute approximate surface area is 158 Å². The topological polar surface area (TPSA) is 97.3 Å². The summed E-state index contributed by atoms with van der Waals surface area (Å²) in [5, 5.41) is 14.0. The van der Waals surface area contributed by atoms with Crippen LogP contribution in [0.25, 0.3) is 22.1 Å². The van der Waals surface area contributed by atoms with Gasteiger partial charge in [-0.1, -0.05) is 29.8 Å². The molecule has 0 bridgehead atoms. The quantitative estimate of drug-likeness (QED) is 0.416. The summed E-state index contributed by atoms with van der Waals surface area (Å²) in [6, 6.07) is 9.47. The van der Waals surface area contributed by atoms with Gasteiger partial charge in [-0.2, -0.15) is 10.1 Å². The molecule has 2 aromatic heterocycles. The van der Waals surface area contributed by atoms with Crippen molar-refractivity contribution < 1.29 is 9.47 Å². The van der Waals surface area contributed by atoms with Crippen LogP contribution < -0.4 is 14.9 Å². The molecule has 0 unspecified atom stereocenters.